The molecule has 0 aromatic heterocycles. The second kappa shape index (κ2) is 8.05. The Balaban J connectivity index is 2.04. The molecule has 2 rings (SSSR count). The van der Waals surface area contributed by atoms with Gasteiger partial charge in [-0.2, -0.15) is 0 Å². The van der Waals surface area contributed by atoms with Gasteiger partial charge in [0, 0.05) is 6.07 Å². The number of hydrogen-bond acceptors (Lipinski definition) is 6. The lowest BCUT2D eigenvalue weighted by Gasteiger charge is -2.15. The van der Waals surface area contributed by atoms with Crippen molar-refractivity contribution in [2.75, 3.05) is 19.5 Å². The maximum atomic E-state index is 12.2. The molecule has 7 nitrogen and oxygen atoms in total. The summed E-state index contributed by atoms with van der Waals surface area (Å²) in [5.74, 6) is -0.742. The van der Waals surface area contributed by atoms with E-state index in [9.17, 15) is 14.7 Å². The third kappa shape index (κ3) is 4.41. The summed E-state index contributed by atoms with van der Waals surface area (Å²) in [6, 6.07) is 11.0. The predicted molar refractivity (Wildman–Crippen MR) is 91.2 cm³/mol. The molecule has 0 heterocycles. The molecule has 0 aliphatic heterocycles. The second-order valence-corrected chi connectivity index (χ2v) is 5.12. The highest BCUT2D eigenvalue weighted by Crippen LogP contribution is 2.25. The van der Waals surface area contributed by atoms with Gasteiger partial charge in [-0.15, -0.1) is 0 Å². The highest BCUT2D eigenvalue weighted by atomic mass is 16.5. The van der Waals surface area contributed by atoms with Gasteiger partial charge in [0.05, 0.1) is 19.9 Å². The normalized spacial score (nSPS) is 11.3. The van der Waals surface area contributed by atoms with E-state index in [1.807, 2.05) is 0 Å². The van der Waals surface area contributed by atoms with Crippen molar-refractivity contribution in [2.45, 2.75) is 13.0 Å². The summed E-state index contributed by atoms with van der Waals surface area (Å²) in [6.07, 6.45) is -1.07. The zero-order valence-electron chi connectivity index (χ0n) is 14.1. The Labute approximate surface area is 145 Å². The molecule has 2 aromatic rings. The fourth-order valence-corrected chi connectivity index (χ4v) is 2.07. The molecule has 7 heteroatoms. The number of phenolic OH excluding ortho intramolecular Hbond substituents is 1. The molecule has 1 amide bonds. The van der Waals surface area contributed by atoms with E-state index in [0.29, 0.717) is 17.2 Å². The predicted octanol–water partition coefficient (Wildman–Crippen LogP) is 2.59. The van der Waals surface area contributed by atoms with Crippen LogP contribution in [-0.4, -0.2) is 37.3 Å². The number of aromatic hydroxyl groups is 1. The summed E-state index contributed by atoms with van der Waals surface area (Å²) in [5, 5.41) is 12.5. The first-order valence-corrected chi connectivity index (χ1v) is 7.48. The molecule has 0 aliphatic rings. The fourth-order valence-electron chi connectivity index (χ4n) is 2.07. The lowest BCUT2D eigenvalue weighted by molar-refractivity contribution is -0.123. The summed E-state index contributed by atoms with van der Waals surface area (Å²) in [7, 11) is 2.93. The molecule has 0 unspecified atom stereocenters. The fraction of sp³-hybridized carbons (Fsp3) is 0.222. The molecule has 2 N–H and O–H groups in total. The molecular weight excluding hydrogens is 326 g/mol. The van der Waals surface area contributed by atoms with Crippen molar-refractivity contribution in [1.29, 1.82) is 0 Å². The number of anilines is 1. The molecule has 0 fully saturated rings. The van der Waals surface area contributed by atoms with E-state index in [0.717, 1.165) is 0 Å². The van der Waals surface area contributed by atoms with Crippen LogP contribution < -0.4 is 14.8 Å². The Kier molecular flexibility index (Phi) is 5.84. The number of amides is 1. The van der Waals surface area contributed by atoms with Gasteiger partial charge in [0.25, 0.3) is 5.91 Å². The first-order chi connectivity index (χ1) is 12.0. The Morgan fingerprint density at radius 2 is 1.80 bits per heavy atom. The van der Waals surface area contributed by atoms with Crippen molar-refractivity contribution >= 4 is 17.6 Å². The summed E-state index contributed by atoms with van der Waals surface area (Å²) in [4.78, 5) is 24.3. The SMILES string of the molecule is COc1ccc(C(=O)O[C@H](C)C(=O)Nc2ccccc2OC)c(O)c1. The maximum absolute atomic E-state index is 12.2. The Bertz CT molecular complexity index is 774. The van der Waals surface area contributed by atoms with E-state index in [1.54, 1.807) is 24.3 Å². The number of methoxy groups -OCH3 is 2. The molecular formula is C18H19NO6. The van der Waals surface area contributed by atoms with Gasteiger partial charge < -0.3 is 24.6 Å². The average Bonchev–Trinajstić information content (AvgIpc) is 2.61. The van der Waals surface area contributed by atoms with Gasteiger partial charge in [-0.05, 0) is 31.2 Å². The highest BCUT2D eigenvalue weighted by molar-refractivity contribution is 5.99. The van der Waals surface area contributed by atoms with E-state index in [2.05, 4.69) is 5.32 Å². The van der Waals surface area contributed by atoms with E-state index in [1.165, 1.54) is 39.3 Å². The van der Waals surface area contributed by atoms with Gasteiger partial charge in [-0.3, -0.25) is 4.79 Å². The van der Waals surface area contributed by atoms with Crippen LogP contribution in [0.15, 0.2) is 42.5 Å². The molecule has 132 valence electrons. The molecule has 0 bridgehead atoms. The third-order valence-electron chi connectivity index (χ3n) is 3.44. The smallest absolute Gasteiger partial charge is 0.342 e. The molecule has 0 radical (unpaired) electrons. The van der Waals surface area contributed by atoms with Gasteiger partial charge in [0.2, 0.25) is 0 Å². The number of esters is 1. The molecule has 0 spiro atoms. The van der Waals surface area contributed by atoms with Gasteiger partial charge in [-0.1, -0.05) is 12.1 Å². The van der Waals surface area contributed by atoms with Gasteiger partial charge >= 0.3 is 5.97 Å². The topological polar surface area (TPSA) is 94.1 Å². The summed E-state index contributed by atoms with van der Waals surface area (Å²) >= 11 is 0. The molecule has 0 saturated carbocycles. The number of hydrogen-bond donors (Lipinski definition) is 2. The summed E-state index contributed by atoms with van der Waals surface area (Å²) in [6.45, 7) is 1.43. The number of carbonyl (C=O) groups excluding carboxylic acids is 2. The Morgan fingerprint density at radius 3 is 2.44 bits per heavy atom. The first-order valence-electron chi connectivity index (χ1n) is 7.48. The van der Waals surface area contributed by atoms with Crippen molar-refractivity contribution < 1.29 is 28.9 Å². The third-order valence-corrected chi connectivity index (χ3v) is 3.44. The van der Waals surface area contributed by atoms with Crippen LogP contribution in [0, 0.1) is 0 Å². The molecule has 1 atom stereocenters. The average molecular weight is 345 g/mol. The van der Waals surface area contributed by atoms with Gasteiger partial charge in [0.15, 0.2) is 6.10 Å². The number of phenols is 1. The van der Waals surface area contributed by atoms with Crippen molar-refractivity contribution in [3.63, 3.8) is 0 Å². The number of rotatable bonds is 6. The van der Waals surface area contributed by atoms with Crippen LogP contribution in [0.1, 0.15) is 17.3 Å². The number of carbonyl (C=O) groups is 2. The van der Waals surface area contributed by atoms with Crippen LogP contribution in [0.4, 0.5) is 5.69 Å². The molecule has 25 heavy (non-hydrogen) atoms. The minimum atomic E-state index is -1.07. The van der Waals surface area contributed by atoms with Crippen molar-refractivity contribution in [1.82, 2.24) is 0 Å². The molecule has 0 aliphatic carbocycles. The highest BCUT2D eigenvalue weighted by Gasteiger charge is 2.22. The first kappa shape index (κ1) is 18.1. The Morgan fingerprint density at radius 1 is 1.08 bits per heavy atom. The van der Waals surface area contributed by atoms with Crippen LogP contribution in [0.5, 0.6) is 17.2 Å². The molecule has 2 aromatic carbocycles. The van der Waals surface area contributed by atoms with E-state index < -0.39 is 18.0 Å². The van der Waals surface area contributed by atoms with Gasteiger partial charge in [-0.25, -0.2) is 4.79 Å². The Hall–Kier alpha value is -3.22. The minimum Gasteiger partial charge on any atom is -0.507 e. The van der Waals surface area contributed by atoms with Crippen LogP contribution in [0.25, 0.3) is 0 Å². The number of ether oxygens (including phenoxy) is 3. The van der Waals surface area contributed by atoms with E-state index in [4.69, 9.17) is 14.2 Å². The zero-order chi connectivity index (χ0) is 18.4. The van der Waals surface area contributed by atoms with Crippen molar-refractivity contribution in [3.8, 4) is 17.2 Å². The van der Waals surface area contributed by atoms with Crippen LogP contribution in [-0.2, 0) is 9.53 Å². The number of para-hydroxylation sites is 2. The number of benzene rings is 2. The van der Waals surface area contributed by atoms with Crippen LogP contribution >= 0.6 is 0 Å². The largest absolute Gasteiger partial charge is 0.507 e. The van der Waals surface area contributed by atoms with E-state index in [-0.39, 0.29) is 11.3 Å². The minimum absolute atomic E-state index is 0.0576. The standard InChI is InChI=1S/C18H19NO6/c1-11(17(21)19-14-6-4-5-7-16(14)24-3)25-18(22)13-9-8-12(23-2)10-15(13)20/h4-11,20H,1-3H3,(H,19,21)/t11-/m1/s1. The lowest BCUT2D eigenvalue weighted by Crippen LogP contribution is -2.30. The second-order valence-electron chi connectivity index (χ2n) is 5.12. The van der Waals surface area contributed by atoms with Crippen LogP contribution in [0.3, 0.4) is 0 Å². The maximum Gasteiger partial charge on any atom is 0.342 e. The molecule has 0 saturated heterocycles. The quantitative estimate of drug-likeness (QED) is 0.782. The van der Waals surface area contributed by atoms with Crippen molar-refractivity contribution in [3.05, 3.63) is 48.0 Å². The van der Waals surface area contributed by atoms with E-state index >= 15 is 0 Å². The lowest BCUT2D eigenvalue weighted by atomic mass is 10.2. The van der Waals surface area contributed by atoms with Crippen LogP contribution in [0.2, 0.25) is 0 Å². The zero-order valence-corrected chi connectivity index (χ0v) is 14.1. The summed E-state index contributed by atoms with van der Waals surface area (Å²) in [5.41, 5.74) is 0.405. The summed E-state index contributed by atoms with van der Waals surface area (Å²) < 4.78 is 15.2. The number of nitrogens with one attached hydrogen (secondary N) is 1. The van der Waals surface area contributed by atoms with Gasteiger partial charge in [0.1, 0.15) is 22.8 Å². The van der Waals surface area contributed by atoms with Crippen molar-refractivity contribution in [2.24, 2.45) is 0 Å². The monoisotopic (exact) mass is 345 g/mol.